The van der Waals surface area contributed by atoms with Gasteiger partial charge in [0.25, 0.3) is 0 Å². The fourth-order valence-electron chi connectivity index (χ4n) is 2.19. The van der Waals surface area contributed by atoms with Crippen molar-refractivity contribution in [3.05, 3.63) is 0 Å². The van der Waals surface area contributed by atoms with Crippen LogP contribution in [0.5, 0.6) is 0 Å². The van der Waals surface area contributed by atoms with Crippen molar-refractivity contribution in [3.63, 3.8) is 0 Å². The first-order chi connectivity index (χ1) is 6.04. The lowest BCUT2D eigenvalue weighted by molar-refractivity contribution is -0.164. The zero-order valence-electron chi connectivity index (χ0n) is 8.66. The van der Waals surface area contributed by atoms with Crippen molar-refractivity contribution in [2.45, 2.75) is 58.0 Å². The Kier molecular flexibility index (Phi) is 3.33. The molecule has 78 valence electrons. The summed E-state index contributed by atoms with van der Waals surface area (Å²) in [7, 11) is 0. The van der Waals surface area contributed by atoms with Gasteiger partial charge in [-0.2, -0.15) is 0 Å². The van der Waals surface area contributed by atoms with Crippen LogP contribution in [0.4, 0.5) is 0 Å². The Morgan fingerprint density at radius 1 is 1.38 bits per heavy atom. The summed E-state index contributed by atoms with van der Waals surface area (Å²) in [5.74, 6) is 0.0578. The van der Waals surface area contributed by atoms with Gasteiger partial charge in [-0.25, -0.2) is 0 Å². The number of hydrogen-bond donors (Lipinski definition) is 2. The van der Waals surface area contributed by atoms with Crippen LogP contribution in [0.2, 0.25) is 0 Å². The van der Waals surface area contributed by atoms with E-state index in [0.29, 0.717) is 0 Å². The third kappa shape index (κ3) is 1.87. The van der Waals surface area contributed by atoms with E-state index in [2.05, 4.69) is 6.92 Å². The Morgan fingerprint density at radius 2 is 2.00 bits per heavy atom. The van der Waals surface area contributed by atoms with Gasteiger partial charge in [-0.3, -0.25) is 0 Å². The van der Waals surface area contributed by atoms with Gasteiger partial charge in [-0.15, -0.1) is 0 Å². The fourth-order valence-corrected chi connectivity index (χ4v) is 2.19. The van der Waals surface area contributed by atoms with Crippen LogP contribution in [-0.2, 0) is 4.74 Å². The Hall–Kier alpha value is -0.120. The highest BCUT2D eigenvalue weighted by atomic mass is 16.6. The van der Waals surface area contributed by atoms with E-state index in [1.165, 1.54) is 0 Å². The van der Waals surface area contributed by atoms with Gasteiger partial charge in [0, 0.05) is 5.92 Å². The molecule has 1 aliphatic heterocycles. The van der Waals surface area contributed by atoms with Crippen LogP contribution in [-0.4, -0.2) is 28.2 Å². The summed E-state index contributed by atoms with van der Waals surface area (Å²) in [5.41, 5.74) is -1.07. The maximum absolute atomic E-state index is 9.94. The predicted octanol–water partition coefficient (Wildman–Crippen LogP) is 1.28. The van der Waals surface area contributed by atoms with Gasteiger partial charge >= 0.3 is 0 Å². The smallest absolute Gasteiger partial charge is 0.184 e. The summed E-state index contributed by atoms with van der Waals surface area (Å²) < 4.78 is 5.33. The summed E-state index contributed by atoms with van der Waals surface area (Å²) in [6, 6.07) is 0. The molecule has 1 saturated heterocycles. The molecule has 3 nitrogen and oxygen atoms in total. The van der Waals surface area contributed by atoms with Crippen molar-refractivity contribution in [3.8, 4) is 0 Å². The van der Waals surface area contributed by atoms with Crippen molar-refractivity contribution in [2.24, 2.45) is 5.92 Å². The van der Waals surface area contributed by atoms with Crippen LogP contribution in [0, 0.1) is 5.92 Å². The van der Waals surface area contributed by atoms with Crippen LogP contribution < -0.4 is 0 Å². The van der Waals surface area contributed by atoms with Crippen molar-refractivity contribution in [1.29, 1.82) is 0 Å². The van der Waals surface area contributed by atoms with Crippen molar-refractivity contribution in [2.75, 3.05) is 0 Å². The minimum absolute atomic E-state index is 0.0139. The van der Waals surface area contributed by atoms with E-state index in [4.69, 9.17) is 4.74 Å². The van der Waals surface area contributed by atoms with Crippen LogP contribution in [0.15, 0.2) is 0 Å². The maximum atomic E-state index is 9.94. The lowest BCUT2D eigenvalue weighted by atomic mass is 9.83. The Labute approximate surface area is 79.7 Å². The SMILES string of the molecule is CCCC1O[C@H](O)[C@](C)(O)[C@H]1CC. The van der Waals surface area contributed by atoms with Gasteiger partial charge in [0.2, 0.25) is 0 Å². The molecule has 0 aromatic rings. The molecule has 3 heteroatoms. The second-order valence-electron chi connectivity index (χ2n) is 4.06. The molecule has 4 atom stereocenters. The molecule has 1 unspecified atom stereocenters. The summed E-state index contributed by atoms with van der Waals surface area (Å²) in [6.45, 7) is 5.75. The van der Waals surface area contributed by atoms with Crippen molar-refractivity contribution < 1.29 is 14.9 Å². The number of aliphatic hydroxyl groups is 2. The van der Waals surface area contributed by atoms with Gasteiger partial charge in [-0.05, 0) is 19.8 Å². The highest BCUT2D eigenvalue weighted by Gasteiger charge is 2.50. The Balaban J connectivity index is 2.70. The third-order valence-corrected chi connectivity index (χ3v) is 3.02. The van der Waals surface area contributed by atoms with E-state index >= 15 is 0 Å². The molecule has 0 radical (unpaired) electrons. The standard InChI is InChI=1S/C10H20O3/c1-4-6-8-7(5-2)10(3,12)9(11)13-8/h7-9,11-12H,4-6H2,1-3H3/t7-,8?,9-,10+/m0/s1. The van der Waals surface area contributed by atoms with Crippen LogP contribution >= 0.6 is 0 Å². The maximum Gasteiger partial charge on any atom is 0.184 e. The van der Waals surface area contributed by atoms with E-state index in [1.807, 2.05) is 6.92 Å². The van der Waals surface area contributed by atoms with Crippen LogP contribution in [0.1, 0.15) is 40.0 Å². The van der Waals surface area contributed by atoms with Gasteiger partial charge in [0.05, 0.1) is 6.10 Å². The topological polar surface area (TPSA) is 49.7 Å². The van der Waals surface area contributed by atoms with Crippen LogP contribution in [0.25, 0.3) is 0 Å². The zero-order chi connectivity index (χ0) is 10.1. The molecule has 0 bridgehead atoms. The first-order valence-electron chi connectivity index (χ1n) is 5.09. The van der Waals surface area contributed by atoms with Gasteiger partial charge in [0.1, 0.15) is 5.60 Å². The number of ether oxygens (including phenoxy) is 1. The molecule has 0 amide bonds. The molecule has 0 saturated carbocycles. The minimum atomic E-state index is -1.07. The summed E-state index contributed by atoms with van der Waals surface area (Å²) in [5, 5.41) is 19.4. The van der Waals surface area contributed by atoms with E-state index in [9.17, 15) is 10.2 Å². The molecule has 0 aromatic carbocycles. The zero-order valence-corrected chi connectivity index (χ0v) is 8.66. The Bertz CT molecular complexity index is 168. The molecular weight excluding hydrogens is 168 g/mol. The first-order valence-corrected chi connectivity index (χ1v) is 5.09. The van der Waals surface area contributed by atoms with Gasteiger partial charge in [0.15, 0.2) is 6.29 Å². The van der Waals surface area contributed by atoms with E-state index in [0.717, 1.165) is 19.3 Å². The molecule has 0 aromatic heterocycles. The average molecular weight is 188 g/mol. The van der Waals surface area contributed by atoms with Crippen molar-refractivity contribution in [1.82, 2.24) is 0 Å². The van der Waals surface area contributed by atoms with Gasteiger partial charge in [-0.1, -0.05) is 20.3 Å². The summed E-state index contributed by atoms with van der Waals surface area (Å²) in [4.78, 5) is 0. The molecule has 0 spiro atoms. The lowest BCUT2D eigenvalue weighted by Gasteiger charge is -2.26. The second-order valence-corrected chi connectivity index (χ2v) is 4.06. The lowest BCUT2D eigenvalue weighted by Crippen LogP contribution is -2.41. The second kappa shape index (κ2) is 3.95. The van der Waals surface area contributed by atoms with Crippen LogP contribution in [0.3, 0.4) is 0 Å². The molecule has 1 heterocycles. The quantitative estimate of drug-likeness (QED) is 0.701. The molecule has 1 rings (SSSR count). The number of rotatable bonds is 3. The third-order valence-electron chi connectivity index (χ3n) is 3.02. The monoisotopic (exact) mass is 188 g/mol. The number of hydrogen-bond acceptors (Lipinski definition) is 3. The molecule has 13 heavy (non-hydrogen) atoms. The Morgan fingerprint density at radius 3 is 2.46 bits per heavy atom. The first kappa shape index (κ1) is 11.0. The molecule has 0 aliphatic carbocycles. The minimum Gasteiger partial charge on any atom is -0.384 e. The summed E-state index contributed by atoms with van der Waals surface area (Å²) >= 11 is 0. The fraction of sp³-hybridized carbons (Fsp3) is 1.00. The van der Waals surface area contributed by atoms with Crippen molar-refractivity contribution >= 4 is 0 Å². The highest BCUT2D eigenvalue weighted by Crippen LogP contribution is 2.38. The largest absolute Gasteiger partial charge is 0.384 e. The summed E-state index contributed by atoms with van der Waals surface area (Å²) in [6.07, 6.45) is 1.76. The van der Waals surface area contributed by atoms with E-state index in [1.54, 1.807) is 6.92 Å². The molecular formula is C10H20O3. The van der Waals surface area contributed by atoms with Gasteiger partial charge < -0.3 is 14.9 Å². The predicted molar refractivity (Wildman–Crippen MR) is 50.2 cm³/mol. The molecule has 2 N–H and O–H groups in total. The van der Waals surface area contributed by atoms with E-state index < -0.39 is 11.9 Å². The highest BCUT2D eigenvalue weighted by molar-refractivity contribution is 4.94. The molecule has 1 fully saturated rings. The molecule has 1 aliphatic rings. The normalized spacial score (nSPS) is 45.5. The number of aliphatic hydroxyl groups excluding tert-OH is 1. The average Bonchev–Trinajstić information content (AvgIpc) is 2.24. The van der Waals surface area contributed by atoms with E-state index in [-0.39, 0.29) is 12.0 Å².